The predicted octanol–water partition coefficient (Wildman–Crippen LogP) is 7.57. The van der Waals surface area contributed by atoms with Gasteiger partial charge in [-0.05, 0) is 37.8 Å². The first-order valence-electron chi connectivity index (χ1n) is 30.0. The second kappa shape index (κ2) is 49.6. The van der Waals surface area contributed by atoms with Crippen LogP contribution in [0.2, 0.25) is 0 Å². The molecule has 1 aromatic carbocycles. The van der Waals surface area contributed by atoms with Gasteiger partial charge in [-0.25, -0.2) is 0 Å². The number of hydrogen-bond acceptors (Lipinski definition) is 18. The van der Waals surface area contributed by atoms with E-state index in [4.69, 9.17) is 56.8 Å². The number of amides is 5. The molecule has 1 saturated heterocycles. The fourth-order valence-corrected chi connectivity index (χ4v) is 8.73. The van der Waals surface area contributed by atoms with Crippen molar-refractivity contribution in [2.45, 2.75) is 154 Å². The Bertz CT molecular complexity index is 1790. The molecule has 2 N–H and O–H groups in total. The van der Waals surface area contributed by atoms with Crippen LogP contribution < -0.4 is 10.6 Å². The van der Waals surface area contributed by atoms with E-state index in [0.29, 0.717) is 158 Å². The van der Waals surface area contributed by atoms with Crippen molar-refractivity contribution in [3.63, 3.8) is 0 Å². The zero-order valence-electron chi connectivity index (χ0n) is 48.4. The van der Waals surface area contributed by atoms with Crippen LogP contribution in [0.25, 0.3) is 0 Å². The van der Waals surface area contributed by atoms with Crippen LogP contribution in [-0.4, -0.2) is 198 Å². The summed E-state index contributed by atoms with van der Waals surface area (Å²) in [6.45, 7) is 12.6. The maximum atomic E-state index is 13.2. The highest BCUT2D eigenvalue weighted by atomic mass is 16.6. The number of nitrogens with zero attached hydrogens (tertiary/aromatic N) is 1. The molecule has 0 aliphatic carbocycles. The lowest BCUT2D eigenvalue weighted by Crippen LogP contribution is -2.54. The van der Waals surface area contributed by atoms with Gasteiger partial charge in [-0.15, -0.1) is 0 Å². The number of nitrogens with one attached hydrogen (secondary N) is 2. The number of hydrogen-bond donors (Lipinski definition) is 2. The number of benzene rings is 1. The first-order chi connectivity index (χ1) is 39.3. The number of unbranched alkanes of at least 4 members (excludes halogenated alkanes) is 16. The Morgan fingerprint density at radius 3 is 1.26 bits per heavy atom. The van der Waals surface area contributed by atoms with E-state index in [1.165, 1.54) is 89.5 Å². The number of imide groups is 2. The second-order valence-corrected chi connectivity index (χ2v) is 19.7. The summed E-state index contributed by atoms with van der Waals surface area (Å²) in [5.74, 6) is -2.87. The van der Waals surface area contributed by atoms with Gasteiger partial charge in [-0.2, -0.15) is 0 Å². The maximum Gasteiger partial charge on any atom is 0.305 e. The van der Waals surface area contributed by atoms with E-state index in [2.05, 4.69) is 17.6 Å². The van der Waals surface area contributed by atoms with E-state index < -0.39 is 29.7 Å². The zero-order valence-corrected chi connectivity index (χ0v) is 48.4. The topological polar surface area (TPSA) is 240 Å². The summed E-state index contributed by atoms with van der Waals surface area (Å²) in [5, 5.41) is 4.91. The number of ether oxygens (including phenoxy) is 12. The molecule has 1 aromatic rings. The summed E-state index contributed by atoms with van der Waals surface area (Å²) >= 11 is 0. The number of esters is 1. The van der Waals surface area contributed by atoms with Gasteiger partial charge >= 0.3 is 5.97 Å². The standard InChI is InChI=1S/C59H99N3O18/c1-2-3-4-5-6-7-8-9-10-11-12-13-14-15-18-24-55(65)80-49-48-79-47-46-78-45-44-77-43-42-76-41-40-75-39-38-74-37-36-73-35-34-72-33-32-71-31-30-70-29-28-69-27-19-16-17-23-53(63)60-51-22-20-21-50-56(51)59(68)62(58(50)67)52-25-26-54(64)61-57(52)66/h20-22,52H,2-19,23-49H2,1H3,(H,60,63)(H,61,64,66). The molecule has 5 amide bonds. The highest BCUT2D eigenvalue weighted by Gasteiger charge is 2.45. The largest absolute Gasteiger partial charge is 0.463 e. The summed E-state index contributed by atoms with van der Waals surface area (Å²) in [5.41, 5.74) is 0.374. The van der Waals surface area contributed by atoms with Crippen molar-refractivity contribution in [3.05, 3.63) is 29.3 Å². The van der Waals surface area contributed by atoms with E-state index in [1.54, 1.807) is 12.1 Å². The van der Waals surface area contributed by atoms with E-state index in [9.17, 15) is 28.8 Å². The molecule has 0 bridgehead atoms. The van der Waals surface area contributed by atoms with Crippen molar-refractivity contribution in [1.82, 2.24) is 10.2 Å². The van der Waals surface area contributed by atoms with Crippen molar-refractivity contribution < 1.29 is 85.6 Å². The van der Waals surface area contributed by atoms with Crippen LogP contribution in [0.5, 0.6) is 0 Å². The van der Waals surface area contributed by atoms with E-state index in [-0.39, 0.29) is 54.6 Å². The van der Waals surface area contributed by atoms with Crippen LogP contribution >= 0.6 is 0 Å². The molecule has 2 aliphatic rings. The van der Waals surface area contributed by atoms with Crippen molar-refractivity contribution in [1.29, 1.82) is 0 Å². The van der Waals surface area contributed by atoms with Crippen molar-refractivity contribution in [2.24, 2.45) is 0 Å². The fraction of sp³-hybridized carbons (Fsp3) is 0.797. The molecule has 0 saturated carbocycles. The summed E-state index contributed by atoms with van der Waals surface area (Å²) in [6, 6.07) is 3.52. The van der Waals surface area contributed by atoms with Gasteiger partial charge in [-0.3, -0.25) is 39.0 Å². The third-order valence-corrected chi connectivity index (χ3v) is 13.1. The molecule has 1 unspecified atom stereocenters. The van der Waals surface area contributed by atoms with E-state index >= 15 is 0 Å². The molecular formula is C59H99N3O18. The Labute approximate surface area is 476 Å². The molecule has 3 rings (SSSR count). The Kier molecular flexibility index (Phi) is 43.6. The summed E-state index contributed by atoms with van der Waals surface area (Å²) in [7, 11) is 0. The first kappa shape index (κ1) is 70.3. The van der Waals surface area contributed by atoms with Gasteiger partial charge in [0.25, 0.3) is 11.8 Å². The Balaban J connectivity index is 0.922. The van der Waals surface area contributed by atoms with Gasteiger partial charge < -0.3 is 62.2 Å². The van der Waals surface area contributed by atoms with Crippen LogP contribution in [0, 0.1) is 0 Å². The highest BCUT2D eigenvalue weighted by molar-refractivity contribution is 6.26. The maximum absolute atomic E-state index is 13.2. The zero-order chi connectivity index (χ0) is 57.2. The molecule has 1 atom stereocenters. The Morgan fingerprint density at radius 2 is 0.838 bits per heavy atom. The molecule has 2 aliphatic heterocycles. The Morgan fingerprint density at radius 1 is 0.463 bits per heavy atom. The normalized spacial score (nSPS) is 14.3. The molecular weight excluding hydrogens is 1040 g/mol. The molecule has 0 radical (unpaired) electrons. The molecule has 2 heterocycles. The highest BCUT2D eigenvalue weighted by Crippen LogP contribution is 2.32. The predicted molar refractivity (Wildman–Crippen MR) is 300 cm³/mol. The molecule has 21 nitrogen and oxygen atoms in total. The third-order valence-electron chi connectivity index (χ3n) is 13.1. The first-order valence-corrected chi connectivity index (χ1v) is 30.0. The average molecular weight is 1140 g/mol. The number of carbonyl (C=O) groups excluding carboxylic acids is 6. The lowest BCUT2D eigenvalue weighted by atomic mass is 10.0. The SMILES string of the molecule is CCCCCCCCCCCCCCCCCC(=O)OCCOCCOCCOCCOCCOCCOCCOCCOCCOCCOCCOCCCCCC(=O)Nc1cccc2c1C(=O)N(C1CCC(=O)NC1=O)C2=O. The molecule has 0 aromatic heterocycles. The van der Waals surface area contributed by atoms with E-state index in [0.717, 1.165) is 30.6 Å². The summed E-state index contributed by atoms with van der Waals surface area (Å²) < 4.78 is 66.1. The minimum atomic E-state index is -1.08. The van der Waals surface area contributed by atoms with Gasteiger partial charge in [0.2, 0.25) is 17.7 Å². The van der Waals surface area contributed by atoms with Crippen LogP contribution in [0.1, 0.15) is 169 Å². The average Bonchev–Trinajstić information content (AvgIpc) is 3.83. The van der Waals surface area contributed by atoms with Gasteiger partial charge in [-0.1, -0.05) is 109 Å². The smallest absolute Gasteiger partial charge is 0.305 e. The molecule has 21 heteroatoms. The van der Waals surface area contributed by atoms with Gasteiger partial charge in [0.15, 0.2) is 0 Å². The van der Waals surface area contributed by atoms with Crippen molar-refractivity contribution in [3.8, 4) is 0 Å². The molecule has 458 valence electrons. The molecule has 1 fully saturated rings. The van der Waals surface area contributed by atoms with Crippen molar-refractivity contribution in [2.75, 3.05) is 157 Å². The van der Waals surface area contributed by atoms with E-state index in [1.807, 2.05) is 0 Å². The second-order valence-electron chi connectivity index (χ2n) is 19.7. The van der Waals surface area contributed by atoms with Crippen LogP contribution in [0.4, 0.5) is 5.69 Å². The number of rotatable bonds is 57. The number of anilines is 1. The fourth-order valence-electron chi connectivity index (χ4n) is 8.73. The minimum Gasteiger partial charge on any atom is -0.463 e. The lowest BCUT2D eigenvalue weighted by Gasteiger charge is -2.27. The third kappa shape index (κ3) is 35.1. The van der Waals surface area contributed by atoms with Crippen molar-refractivity contribution >= 4 is 41.2 Å². The summed E-state index contributed by atoms with van der Waals surface area (Å²) in [4.78, 5) is 75.7. The van der Waals surface area contributed by atoms with Crippen LogP contribution in [0.3, 0.4) is 0 Å². The molecule has 80 heavy (non-hydrogen) atoms. The quantitative estimate of drug-likeness (QED) is 0.0363. The van der Waals surface area contributed by atoms with Crippen LogP contribution in [0.15, 0.2) is 18.2 Å². The number of carbonyl (C=O) groups is 6. The summed E-state index contributed by atoms with van der Waals surface area (Å²) in [6.07, 6.45) is 22.5. The lowest BCUT2D eigenvalue weighted by molar-refractivity contribution is -0.145. The van der Waals surface area contributed by atoms with Gasteiger partial charge in [0.1, 0.15) is 12.6 Å². The minimum absolute atomic E-state index is 0.0248. The molecule has 0 spiro atoms. The van der Waals surface area contributed by atoms with Gasteiger partial charge in [0.05, 0.1) is 156 Å². The number of fused-ring (bicyclic) bond motifs is 1. The number of piperidine rings is 1. The Hall–Kier alpha value is -4.00. The van der Waals surface area contributed by atoms with Gasteiger partial charge in [0, 0.05) is 25.9 Å². The van der Waals surface area contributed by atoms with Crippen LogP contribution in [-0.2, 0) is 76.0 Å². The monoisotopic (exact) mass is 1140 g/mol.